The van der Waals surface area contributed by atoms with Gasteiger partial charge in [-0.1, -0.05) is 54.1 Å². The normalized spacial score (nSPS) is 14.4. The summed E-state index contributed by atoms with van der Waals surface area (Å²) in [6, 6.07) is 25.4. The maximum Gasteiger partial charge on any atom is 0.363 e. The number of nitrogens with zero attached hydrogens (tertiary/aromatic N) is 1. The highest BCUT2D eigenvalue weighted by Crippen LogP contribution is 2.31. The molecule has 0 bridgehead atoms. The molecule has 0 N–H and O–H groups in total. The number of hydrogen-bond acceptors (Lipinski definition) is 4. The van der Waals surface area contributed by atoms with Crippen LogP contribution < -0.4 is 4.74 Å². The Balaban J connectivity index is 1.39. The third-order valence-electron chi connectivity index (χ3n) is 5.21. The van der Waals surface area contributed by atoms with E-state index in [1.807, 2.05) is 78.9 Å². The molecule has 4 aromatic carbocycles. The molecule has 4 aromatic rings. The first-order valence-electron chi connectivity index (χ1n) is 10.3. The summed E-state index contributed by atoms with van der Waals surface area (Å²) in [5.41, 5.74) is 2.88. The van der Waals surface area contributed by atoms with Crippen LogP contribution in [0.2, 0.25) is 5.02 Å². The molecule has 34 heavy (non-hydrogen) atoms. The molecule has 1 heterocycles. The smallest absolute Gasteiger partial charge is 0.363 e. The fraction of sp³-hybridized carbons (Fsp3) is 0.0370. The zero-order chi connectivity index (χ0) is 23.7. The highest BCUT2D eigenvalue weighted by Gasteiger charge is 2.24. The molecule has 0 aromatic heterocycles. The second kappa shape index (κ2) is 10.1. The van der Waals surface area contributed by atoms with E-state index in [9.17, 15) is 4.79 Å². The molecule has 0 amide bonds. The monoisotopic (exact) mass is 691 g/mol. The molecule has 0 unspecified atom stereocenters. The topological polar surface area (TPSA) is 47.9 Å². The first kappa shape index (κ1) is 23.3. The summed E-state index contributed by atoms with van der Waals surface area (Å²) in [6.45, 7) is 0.415. The van der Waals surface area contributed by atoms with Gasteiger partial charge >= 0.3 is 5.97 Å². The van der Waals surface area contributed by atoms with Crippen LogP contribution in [0.3, 0.4) is 0 Å². The first-order chi connectivity index (χ1) is 16.5. The van der Waals surface area contributed by atoms with E-state index < -0.39 is 5.97 Å². The standard InChI is InChI=1S/C27H16ClI2NO3/c28-21-7-3-4-16(10-21)15-33-25-22(29)11-17(12-23(25)30)13-24-27(32)34-26(31-24)20-9-8-18-5-1-2-6-19(18)14-20/h1-14H,15H2/b24-13-. The van der Waals surface area contributed by atoms with E-state index in [4.69, 9.17) is 21.1 Å². The third kappa shape index (κ3) is 5.13. The molecule has 0 saturated heterocycles. The van der Waals surface area contributed by atoms with Gasteiger partial charge in [-0.2, -0.15) is 0 Å². The van der Waals surface area contributed by atoms with Crippen LogP contribution in [-0.2, 0) is 16.1 Å². The van der Waals surface area contributed by atoms with Crippen molar-refractivity contribution in [3.8, 4) is 5.75 Å². The average Bonchev–Trinajstić information content (AvgIpc) is 3.18. The van der Waals surface area contributed by atoms with Crippen molar-refractivity contribution in [2.45, 2.75) is 6.61 Å². The zero-order valence-electron chi connectivity index (χ0n) is 17.6. The van der Waals surface area contributed by atoms with Crippen LogP contribution in [0, 0.1) is 7.14 Å². The van der Waals surface area contributed by atoms with Gasteiger partial charge in [-0.25, -0.2) is 9.79 Å². The van der Waals surface area contributed by atoms with Crippen molar-refractivity contribution in [3.05, 3.63) is 113 Å². The van der Waals surface area contributed by atoms with Gasteiger partial charge in [-0.3, -0.25) is 0 Å². The maximum absolute atomic E-state index is 12.5. The summed E-state index contributed by atoms with van der Waals surface area (Å²) in [6.07, 6.45) is 1.74. The Morgan fingerprint density at radius 2 is 1.68 bits per heavy atom. The van der Waals surface area contributed by atoms with Gasteiger partial charge in [0, 0.05) is 10.6 Å². The van der Waals surface area contributed by atoms with Crippen LogP contribution in [0.5, 0.6) is 5.75 Å². The van der Waals surface area contributed by atoms with Crippen molar-refractivity contribution in [2.24, 2.45) is 4.99 Å². The van der Waals surface area contributed by atoms with E-state index in [-0.39, 0.29) is 5.70 Å². The van der Waals surface area contributed by atoms with Crippen LogP contribution in [0.25, 0.3) is 16.8 Å². The molecule has 5 rings (SSSR count). The van der Waals surface area contributed by atoms with Crippen LogP contribution in [0.1, 0.15) is 16.7 Å². The van der Waals surface area contributed by atoms with Crippen molar-refractivity contribution < 1.29 is 14.3 Å². The fourth-order valence-corrected chi connectivity index (χ4v) is 5.94. The number of benzene rings is 4. The lowest BCUT2D eigenvalue weighted by molar-refractivity contribution is -0.129. The van der Waals surface area contributed by atoms with E-state index in [0.717, 1.165) is 40.4 Å². The van der Waals surface area contributed by atoms with Crippen LogP contribution in [0.15, 0.2) is 89.6 Å². The van der Waals surface area contributed by atoms with E-state index >= 15 is 0 Å². The third-order valence-corrected chi connectivity index (χ3v) is 7.05. The Hall–Kier alpha value is -2.43. The fourth-order valence-electron chi connectivity index (χ4n) is 3.60. The molecule has 4 nitrogen and oxygen atoms in total. The molecule has 0 atom stereocenters. The molecule has 1 aliphatic rings. The highest BCUT2D eigenvalue weighted by molar-refractivity contribution is 14.1. The van der Waals surface area contributed by atoms with Crippen molar-refractivity contribution in [3.63, 3.8) is 0 Å². The van der Waals surface area contributed by atoms with Crippen molar-refractivity contribution >= 4 is 85.5 Å². The summed E-state index contributed by atoms with van der Waals surface area (Å²) in [5.74, 6) is 0.639. The molecule has 168 valence electrons. The summed E-state index contributed by atoms with van der Waals surface area (Å²) in [4.78, 5) is 17.0. The molecule has 0 aliphatic carbocycles. The quantitative estimate of drug-likeness (QED) is 0.123. The Labute approximate surface area is 228 Å². The second-order valence-electron chi connectivity index (χ2n) is 7.63. The number of halogens is 3. The lowest BCUT2D eigenvalue weighted by Gasteiger charge is -2.12. The number of cyclic esters (lactones) is 1. The highest BCUT2D eigenvalue weighted by atomic mass is 127. The Bertz CT molecular complexity index is 1470. The van der Waals surface area contributed by atoms with Gasteiger partial charge in [-0.05, 0) is 110 Å². The largest absolute Gasteiger partial charge is 0.487 e. The van der Waals surface area contributed by atoms with Crippen LogP contribution >= 0.6 is 56.8 Å². The summed E-state index contributed by atoms with van der Waals surface area (Å²) < 4.78 is 13.4. The van der Waals surface area contributed by atoms with E-state index in [1.54, 1.807) is 6.08 Å². The van der Waals surface area contributed by atoms with E-state index in [1.165, 1.54) is 0 Å². The van der Waals surface area contributed by atoms with Crippen LogP contribution in [-0.4, -0.2) is 11.9 Å². The van der Waals surface area contributed by atoms with Crippen molar-refractivity contribution in [1.82, 2.24) is 0 Å². The number of carbonyl (C=O) groups excluding carboxylic acids is 1. The minimum Gasteiger partial charge on any atom is -0.487 e. The molecule has 0 spiro atoms. The Kier molecular flexibility index (Phi) is 6.89. The minimum absolute atomic E-state index is 0.266. The van der Waals surface area contributed by atoms with Gasteiger partial charge in [0.2, 0.25) is 5.90 Å². The lowest BCUT2D eigenvalue weighted by Crippen LogP contribution is -2.05. The average molecular weight is 692 g/mol. The predicted octanol–water partition coefficient (Wildman–Crippen LogP) is 7.63. The van der Waals surface area contributed by atoms with Crippen molar-refractivity contribution in [1.29, 1.82) is 0 Å². The van der Waals surface area contributed by atoms with Gasteiger partial charge in [-0.15, -0.1) is 0 Å². The van der Waals surface area contributed by atoms with Crippen molar-refractivity contribution in [2.75, 3.05) is 0 Å². The molecule has 1 aliphatic heterocycles. The predicted molar refractivity (Wildman–Crippen MR) is 152 cm³/mol. The Morgan fingerprint density at radius 1 is 0.912 bits per heavy atom. The van der Waals surface area contributed by atoms with Crippen LogP contribution in [0.4, 0.5) is 0 Å². The lowest BCUT2D eigenvalue weighted by atomic mass is 10.1. The van der Waals surface area contributed by atoms with E-state index in [0.29, 0.717) is 17.5 Å². The number of fused-ring (bicyclic) bond motifs is 1. The summed E-state index contributed by atoms with van der Waals surface area (Å²) >= 11 is 10.5. The second-order valence-corrected chi connectivity index (χ2v) is 10.4. The maximum atomic E-state index is 12.5. The van der Waals surface area contributed by atoms with Gasteiger partial charge in [0.05, 0.1) is 7.14 Å². The number of ether oxygens (including phenoxy) is 2. The first-order valence-corrected chi connectivity index (χ1v) is 12.9. The summed E-state index contributed by atoms with van der Waals surface area (Å²) in [5, 5.41) is 2.86. The molecular weight excluding hydrogens is 676 g/mol. The molecular formula is C27H16ClI2NO3. The van der Waals surface area contributed by atoms with Gasteiger partial charge in [0.25, 0.3) is 0 Å². The van der Waals surface area contributed by atoms with E-state index in [2.05, 4.69) is 50.2 Å². The van der Waals surface area contributed by atoms with Gasteiger partial charge in [0.15, 0.2) is 5.70 Å². The SMILES string of the molecule is O=C1OC(c2ccc3ccccc3c2)=N/C1=C\c1cc(I)c(OCc2cccc(Cl)c2)c(I)c1. The molecule has 0 radical (unpaired) electrons. The molecule has 0 saturated carbocycles. The number of hydrogen-bond donors (Lipinski definition) is 0. The molecule has 7 heteroatoms. The number of esters is 1. The number of rotatable bonds is 5. The molecule has 0 fully saturated rings. The van der Waals surface area contributed by atoms with Gasteiger partial charge < -0.3 is 9.47 Å². The zero-order valence-corrected chi connectivity index (χ0v) is 22.7. The van der Waals surface area contributed by atoms with Gasteiger partial charge in [0.1, 0.15) is 12.4 Å². The Morgan fingerprint density at radius 3 is 2.44 bits per heavy atom. The minimum atomic E-state index is -0.463. The number of aliphatic imine (C=N–C) groups is 1. The summed E-state index contributed by atoms with van der Waals surface area (Å²) in [7, 11) is 0. The number of carbonyl (C=O) groups is 1.